The van der Waals surface area contributed by atoms with Crippen LogP contribution in [0.25, 0.3) is 0 Å². The van der Waals surface area contributed by atoms with Crippen molar-refractivity contribution in [2.75, 3.05) is 6.54 Å². The molecular weight excluding hydrogens is 210 g/mol. The number of carbonyl (C=O) groups excluding carboxylic acids is 1. The van der Waals surface area contributed by atoms with Gasteiger partial charge in [-0.1, -0.05) is 38.0 Å². The molecular formula is C15H19NO. The first-order valence-electron chi connectivity index (χ1n) is 5.71. The van der Waals surface area contributed by atoms with Crippen LogP contribution < -0.4 is 5.32 Å². The molecule has 0 spiro atoms. The molecule has 0 unspecified atom stereocenters. The van der Waals surface area contributed by atoms with E-state index in [2.05, 4.69) is 36.9 Å². The fourth-order valence-electron chi connectivity index (χ4n) is 0.950. The van der Waals surface area contributed by atoms with Gasteiger partial charge in [-0.15, -0.1) is 6.42 Å². The summed E-state index contributed by atoms with van der Waals surface area (Å²) in [7, 11) is 0. The van der Waals surface area contributed by atoms with Gasteiger partial charge in [0.15, 0.2) is 0 Å². The molecule has 0 saturated carbocycles. The van der Waals surface area contributed by atoms with Crippen molar-refractivity contribution in [1.82, 2.24) is 5.32 Å². The second kappa shape index (κ2) is 10.6. The van der Waals surface area contributed by atoms with E-state index in [1.165, 1.54) is 6.08 Å². The van der Waals surface area contributed by atoms with Crippen molar-refractivity contribution in [2.24, 2.45) is 5.92 Å². The lowest BCUT2D eigenvalue weighted by atomic mass is 10.2. The van der Waals surface area contributed by atoms with Crippen LogP contribution in [-0.4, -0.2) is 12.5 Å². The van der Waals surface area contributed by atoms with Crippen molar-refractivity contribution >= 4 is 5.91 Å². The maximum absolute atomic E-state index is 11.2. The van der Waals surface area contributed by atoms with Gasteiger partial charge in [-0.3, -0.25) is 4.79 Å². The quantitative estimate of drug-likeness (QED) is 0.322. The van der Waals surface area contributed by atoms with Crippen LogP contribution in [0, 0.1) is 30.1 Å². The summed E-state index contributed by atoms with van der Waals surface area (Å²) in [5.41, 5.74) is 0. The van der Waals surface area contributed by atoms with Gasteiger partial charge in [0, 0.05) is 19.0 Å². The molecule has 0 aromatic rings. The van der Waals surface area contributed by atoms with E-state index in [4.69, 9.17) is 6.42 Å². The fraction of sp³-hybridized carbons (Fsp3) is 0.400. The van der Waals surface area contributed by atoms with E-state index in [1.54, 1.807) is 6.08 Å². The number of terminal acetylenes is 1. The van der Waals surface area contributed by atoms with E-state index in [0.29, 0.717) is 12.5 Å². The highest BCUT2D eigenvalue weighted by Gasteiger charge is 1.95. The van der Waals surface area contributed by atoms with Gasteiger partial charge in [-0.05, 0) is 24.2 Å². The highest BCUT2D eigenvalue weighted by atomic mass is 16.1. The lowest BCUT2D eigenvalue weighted by Crippen LogP contribution is -2.25. The molecule has 0 aliphatic heterocycles. The molecule has 1 N–H and O–H groups in total. The zero-order valence-electron chi connectivity index (χ0n) is 10.5. The van der Waals surface area contributed by atoms with Crippen molar-refractivity contribution < 1.29 is 4.79 Å². The molecule has 0 bridgehead atoms. The Morgan fingerprint density at radius 1 is 1.41 bits per heavy atom. The summed E-state index contributed by atoms with van der Waals surface area (Å²) in [6, 6.07) is 0. The van der Waals surface area contributed by atoms with Crippen LogP contribution in [0.5, 0.6) is 0 Å². The van der Waals surface area contributed by atoms with Crippen LogP contribution >= 0.6 is 0 Å². The number of rotatable bonds is 6. The molecule has 2 heteroatoms. The first-order valence-corrected chi connectivity index (χ1v) is 5.71. The molecule has 0 aromatic heterocycles. The van der Waals surface area contributed by atoms with Gasteiger partial charge in [0.1, 0.15) is 0 Å². The van der Waals surface area contributed by atoms with Crippen molar-refractivity contribution in [1.29, 1.82) is 0 Å². The third kappa shape index (κ3) is 12.0. The molecule has 2 nitrogen and oxygen atoms in total. The highest BCUT2D eigenvalue weighted by molar-refractivity contribution is 5.87. The van der Waals surface area contributed by atoms with Crippen molar-refractivity contribution in [2.45, 2.75) is 26.7 Å². The van der Waals surface area contributed by atoms with E-state index < -0.39 is 0 Å². The third-order valence-corrected chi connectivity index (χ3v) is 1.78. The second-order valence-corrected chi connectivity index (χ2v) is 3.91. The number of allylic oxidation sites excluding steroid dienone is 3. The summed E-state index contributed by atoms with van der Waals surface area (Å²) in [5, 5.41) is 2.80. The minimum absolute atomic E-state index is 0.0597. The fourth-order valence-corrected chi connectivity index (χ4v) is 0.950. The van der Waals surface area contributed by atoms with Gasteiger partial charge in [-0.2, -0.15) is 0 Å². The Kier molecular flexibility index (Phi) is 9.38. The average Bonchev–Trinajstić information content (AvgIpc) is 2.30. The van der Waals surface area contributed by atoms with Crippen LogP contribution in [0.3, 0.4) is 0 Å². The molecule has 0 rings (SSSR count). The topological polar surface area (TPSA) is 29.1 Å². The second-order valence-electron chi connectivity index (χ2n) is 3.91. The number of amides is 1. The van der Waals surface area contributed by atoms with Crippen LogP contribution in [0.15, 0.2) is 24.3 Å². The molecule has 0 aliphatic rings. The monoisotopic (exact) mass is 229 g/mol. The summed E-state index contributed by atoms with van der Waals surface area (Å²) in [5.74, 6) is 8.04. The zero-order valence-corrected chi connectivity index (χ0v) is 10.5. The Balaban J connectivity index is 3.68. The summed E-state index contributed by atoms with van der Waals surface area (Å²) in [6.45, 7) is 4.82. The SMILES string of the molecule is C#CC#CCC/C=C\C=C\C(=O)NCC(C)C. The molecule has 90 valence electrons. The maximum atomic E-state index is 11.2. The minimum Gasteiger partial charge on any atom is -0.352 e. The Labute approximate surface area is 104 Å². The van der Waals surface area contributed by atoms with Crippen molar-refractivity contribution in [3.8, 4) is 24.2 Å². The lowest BCUT2D eigenvalue weighted by Gasteiger charge is -2.03. The molecule has 0 aromatic carbocycles. The van der Waals surface area contributed by atoms with Gasteiger partial charge >= 0.3 is 0 Å². The molecule has 17 heavy (non-hydrogen) atoms. The zero-order chi connectivity index (χ0) is 12.9. The maximum Gasteiger partial charge on any atom is 0.243 e. The van der Waals surface area contributed by atoms with E-state index >= 15 is 0 Å². The predicted octanol–water partition coefficient (Wildman–Crippen LogP) is 2.29. The average molecular weight is 229 g/mol. The van der Waals surface area contributed by atoms with Crippen LogP contribution in [-0.2, 0) is 4.79 Å². The molecule has 0 aliphatic carbocycles. The number of nitrogens with one attached hydrogen (secondary N) is 1. The van der Waals surface area contributed by atoms with Gasteiger partial charge in [0.25, 0.3) is 0 Å². The Bertz CT molecular complexity index is 372. The lowest BCUT2D eigenvalue weighted by molar-refractivity contribution is -0.116. The van der Waals surface area contributed by atoms with Gasteiger partial charge in [-0.25, -0.2) is 0 Å². The van der Waals surface area contributed by atoms with E-state index in [-0.39, 0.29) is 5.91 Å². The molecule has 1 amide bonds. The van der Waals surface area contributed by atoms with E-state index in [0.717, 1.165) is 12.8 Å². The first-order chi connectivity index (χ1) is 8.16. The van der Waals surface area contributed by atoms with E-state index in [1.807, 2.05) is 12.2 Å². The Hall–Kier alpha value is -1.93. The molecule has 0 heterocycles. The smallest absolute Gasteiger partial charge is 0.243 e. The van der Waals surface area contributed by atoms with Crippen LogP contribution in [0.2, 0.25) is 0 Å². The molecule has 0 radical (unpaired) electrons. The van der Waals surface area contributed by atoms with Crippen molar-refractivity contribution in [3.63, 3.8) is 0 Å². The van der Waals surface area contributed by atoms with Crippen molar-refractivity contribution in [3.05, 3.63) is 24.3 Å². The largest absolute Gasteiger partial charge is 0.352 e. The third-order valence-electron chi connectivity index (χ3n) is 1.78. The van der Waals surface area contributed by atoms with Crippen LogP contribution in [0.1, 0.15) is 26.7 Å². The number of carbonyl (C=O) groups is 1. The summed E-state index contributed by atoms with van der Waals surface area (Å²) >= 11 is 0. The van der Waals surface area contributed by atoms with Gasteiger partial charge in [0.05, 0.1) is 0 Å². The van der Waals surface area contributed by atoms with E-state index in [9.17, 15) is 4.79 Å². The number of hydrogen-bond acceptors (Lipinski definition) is 1. The standard InChI is InChI=1S/C15H19NO/c1-4-5-6-7-8-9-10-11-12-15(17)16-13-14(2)3/h1,9-12,14H,7-8,13H2,2-3H3,(H,16,17)/b10-9-,12-11+. The first kappa shape index (κ1) is 15.1. The van der Waals surface area contributed by atoms with Gasteiger partial charge in [0.2, 0.25) is 5.91 Å². The normalized spacial score (nSPS) is 10.2. The molecule has 0 atom stereocenters. The number of unbranched alkanes of at least 4 members (excludes halogenated alkanes) is 1. The number of hydrogen-bond donors (Lipinski definition) is 1. The molecule has 0 saturated heterocycles. The molecule has 0 fully saturated rings. The Morgan fingerprint density at radius 2 is 2.18 bits per heavy atom. The summed E-state index contributed by atoms with van der Waals surface area (Å²) < 4.78 is 0. The Morgan fingerprint density at radius 3 is 2.82 bits per heavy atom. The highest BCUT2D eigenvalue weighted by Crippen LogP contribution is 1.90. The van der Waals surface area contributed by atoms with Gasteiger partial charge < -0.3 is 5.32 Å². The summed E-state index contributed by atoms with van der Waals surface area (Å²) in [4.78, 5) is 11.2. The van der Waals surface area contributed by atoms with Crippen LogP contribution in [0.4, 0.5) is 0 Å². The summed E-state index contributed by atoms with van der Waals surface area (Å²) in [6.07, 6.45) is 13.6. The minimum atomic E-state index is -0.0597. The predicted molar refractivity (Wildman–Crippen MR) is 72.0 cm³/mol.